The Balaban J connectivity index is 1.56. The van der Waals surface area contributed by atoms with E-state index in [0.29, 0.717) is 18.5 Å². The molecule has 0 N–H and O–H groups in total. The number of rotatable bonds is 15. The van der Waals surface area contributed by atoms with Crippen LogP contribution in [0, 0.1) is 11.8 Å². The number of nitrogens with zero attached hydrogens (tertiary/aromatic N) is 2. The molecular weight excluding hydrogens is 503 g/mol. The Morgan fingerprint density at radius 2 is 1.19 bits per heavy atom. The molecular formula is C20H43N2O3P5S. The Hall–Kier alpha value is 2.01. The van der Waals surface area contributed by atoms with Gasteiger partial charge in [-0.25, -0.2) is 0 Å². The smallest absolute Gasteiger partial charge is 0.235 e. The summed E-state index contributed by atoms with van der Waals surface area (Å²) in [5.74, 6) is 1.60. The Kier molecular flexibility index (Phi) is 16.5. The minimum Gasteiger partial charge on any atom is -0.323 e. The van der Waals surface area contributed by atoms with Crippen LogP contribution < -0.4 is 0 Å². The van der Waals surface area contributed by atoms with Crippen LogP contribution in [-0.2, 0) is 13.6 Å². The maximum absolute atomic E-state index is 10.8. The molecule has 11 heteroatoms. The van der Waals surface area contributed by atoms with E-state index in [1.807, 2.05) is 0 Å². The lowest BCUT2D eigenvalue weighted by molar-refractivity contribution is 0.0881. The predicted octanol–water partition coefficient (Wildman–Crippen LogP) is 6.43. The average molecular weight is 547 g/mol. The summed E-state index contributed by atoms with van der Waals surface area (Å²) in [5, 5.41) is 0. The van der Waals surface area contributed by atoms with Gasteiger partial charge in [-0.1, -0.05) is 12.2 Å². The van der Waals surface area contributed by atoms with Crippen molar-refractivity contribution in [1.29, 1.82) is 0 Å². The highest BCUT2D eigenvalue weighted by Gasteiger charge is 2.28. The molecule has 0 amide bonds. The second-order valence-corrected chi connectivity index (χ2v) is 12.4. The molecule has 4 unspecified atom stereocenters. The van der Waals surface area contributed by atoms with Gasteiger partial charge in [-0.3, -0.25) is 14.4 Å². The Bertz CT molecular complexity index is 480. The Morgan fingerprint density at radius 3 is 1.58 bits per heavy atom. The third-order valence-electron chi connectivity index (χ3n) is 6.81. The molecule has 0 saturated heterocycles. The number of hydrogen-bond donors (Lipinski definition) is 1. The van der Waals surface area contributed by atoms with Crippen molar-refractivity contribution in [2.45, 2.75) is 76.4 Å². The molecule has 0 heterocycles. The van der Waals surface area contributed by atoms with Gasteiger partial charge < -0.3 is 9.05 Å². The van der Waals surface area contributed by atoms with Crippen molar-refractivity contribution in [3.63, 3.8) is 0 Å². The topological polar surface area (TPSA) is 42.0 Å². The Labute approximate surface area is 205 Å². The fraction of sp³-hybridized carbons (Fsp3) is 1.00. The van der Waals surface area contributed by atoms with Crippen molar-refractivity contribution >= 4 is 56.0 Å². The molecule has 2 aliphatic rings. The van der Waals surface area contributed by atoms with Gasteiger partial charge in [-0.2, -0.15) is 0 Å². The van der Waals surface area contributed by atoms with E-state index in [1.165, 1.54) is 45.1 Å². The highest BCUT2D eigenvalue weighted by atomic mass is 32.7. The van der Waals surface area contributed by atoms with E-state index in [-0.39, 0.29) is 8.46 Å². The van der Waals surface area contributed by atoms with E-state index < -0.39 is 7.58 Å². The first-order valence-electron chi connectivity index (χ1n) is 11.7. The van der Waals surface area contributed by atoms with E-state index in [9.17, 15) is 4.57 Å². The van der Waals surface area contributed by atoms with Crippen molar-refractivity contribution in [2.24, 2.45) is 11.8 Å². The summed E-state index contributed by atoms with van der Waals surface area (Å²) in [7, 11) is 7.54. The first-order valence-corrected chi connectivity index (χ1v) is 17.5. The molecule has 0 aromatic heterocycles. The summed E-state index contributed by atoms with van der Waals surface area (Å²) in [4.78, 5) is 4.69. The first kappa shape index (κ1) is 29.2. The fourth-order valence-electron chi connectivity index (χ4n) is 4.62. The first-order chi connectivity index (χ1) is 15.1. The Morgan fingerprint density at radius 1 is 0.774 bits per heavy atom. The highest BCUT2D eigenvalue weighted by Crippen LogP contribution is 2.50. The van der Waals surface area contributed by atoms with E-state index in [4.69, 9.17) is 9.05 Å². The average Bonchev–Trinajstić information content (AvgIpc) is 2.79. The van der Waals surface area contributed by atoms with Crippen LogP contribution in [0.15, 0.2) is 0 Å². The third kappa shape index (κ3) is 12.0. The minimum atomic E-state index is -1.07. The summed E-state index contributed by atoms with van der Waals surface area (Å²) in [5.41, 5.74) is 0. The van der Waals surface area contributed by atoms with Crippen LogP contribution in [0.5, 0.6) is 0 Å². The van der Waals surface area contributed by atoms with Crippen LogP contribution in [0.4, 0.5) is 0 Å². The largest absolute Gasteiger partial charge is 0.323 e. The third-order valence-corrected chi connectivity index (χ3v) is 10.4. The zero-order valence-electron chi connectivity index (χ0n) is 18.8. The molecule has 2 fully saturated rings. The van der Waals surface area contributed by atoms with Crippen LogP contribution >= 0.6 is 56.0 Å². The molecule has 0 bridgehead atoms. The van der Waals surface area contributed by atoms with Crippen molar-refractivity contribution in [1.82, 2.24) is 9.80 Å². The van der Waals surface area contributed by atoms with Crippen molar-refractivity contribution in [3.8, 4) is 0 Å². The normalized spacial score (nSPS) is 28.5. The second kappa shape index (κ2) is 17.4. The quantitative estimate of drug-likeness (QED) is 0.190. The molecule has 5 nitrogen and oxygen atoms in total. The molecule has 4 atom stereocenters. The molecule has 0 aliphatic heterocycles. The lowest BCUT2D eigenvalue weighted by Gasteiger charge is -2.33. The predicted molar refractivity (Wildman–Crippen MR) is 148 cm³/mol. The lowest BCUT2D eigenvalue weighted by atomic mass is 9.85. The van der Waals surface area contributed by atoms with Gasteiger partial charge in [-0.15, -0.1) is 27.7 Å². The van der Waals surface area contributed by atoms with Gasteiger partial charge in [0.25, 0.3) is 0 Å². The van der Waals surface area contributed by atoms with E-state index >= 15 is 0 Å². The number of hydrogen-bond acceptors (Lipinski definition) is 6. The lowest BCUT2D eigenvalue weighted by Crippen LogP contribution is -2.27. The monoisotopic (exact) mass is 546 g/mol. The molecule has 2 saturated carbocycles. The summed E-state index contributed by atoms with van der Waals surface area (Å²) in [6.07, 6.45) is 16.3. The van der Waals surface area contributed by atoms with Crippen molar-refractivity contribution < 1.29 is 13.6 Å². The van der Waals surface area contributed by atoms with Crippen LogP contribution in [-0.4, -0.2) is 60.2 Å². The fourth-order valence-corrected chi connectivity index (χ4v) is 8.31. The SMILES string of the molecule is O=PCN(CP)CCC1CCC(OP(S)OC2CCC(CCN(CP)CP)CC2)CC1. The molecule has 2 rings (SSSR count). The van der Waals surface area contributed by atoms with Gasteiger partial charge in [0, 0.05) is 18.9 Å². The second-order valence-electron chi connectivity index (χ2n) is 8.92. The van der Waals surface area contributed by atoms with Crippen LogP contribution in [0.25, 0.3) is 0 Å². The summed E-state index contributed by atoms with van der Waals surface area (Å²) < 4.78 is 23.2. The van der Waals surface area contributed by atoms with E-state index in [1.54, 1.807) is 0 Å². The molecule has 182 valence electrons. The molecule has 0 aromatic rings. The van der Waals surface area contributed by atoms with Crippen LogP contribution in [0.2, 0.25) is 0 Å². The van der Waals surface area contributed by atoms with Gasteiger partial charge in [-0.05, 0) is 89.1 Å². The van der Waals surface area contributed by atoms with Gasteiger partial charge in [0.2, 0.25) is 7.58 Å². The molecule has 31 heavy (non-hydrogen) atoms. The summed E-state index contributed by atoms with van der Waals surface area (Å²) in [6.45, 7) is 2.23. The van der Waals surface area contributed by atoms with Crippen LogP contribution in [0.1, 0.15) is 64.2 Å². The standard InChI is InChI=1S/C20H43N2O3P5S/c23-29-16-22(15-28)12-10-18-3-7-20(8-4-18)25-30(31)24-19-5-1-17(2-6-19)9-11-21(13-26)14-27/h17-20,31H,1-16,26-28H2. The number of thiol groups is 1. The highest BCUT2D eigenvalue weighted by molar-refractivity contribution is 8.41. The summed E-state index contributed by atoms with van der Waals surface area (Å²) >= 11 is 4.66. The zero-order chi connectivity index (χ0) is 22.5. The summed E-state index contributed by atoms with van der Waals surface area (Å²) in [6, 6.07) is 0. The van der Waals surface area contributed by atoms with Gasteiger partial charge >= 0.3 is 0 Å². The van der Waals surface area contributed by atoms with Gasteiger partial charge in [0.1, 0.15) is 0 Å². The molecule has 2 aliphatic carbocycles. The van der Waals surface area contributed by atoms with E-state index in [0.717, 1.165) is 62.9 Å². The maximum Gasteiger partial charge on any atom is 0.235 e. The van der Waals surface area contributed by atoms with Gasteiger partial charge in [0.15, 0.2) is 8.46 Å². The maximum atomic E-state index is 10.8. The van der Waals surface area contributed by atoms with Crippen molar-refractivity contribution in [2.75, 3.05) is 38.2 Å². The van der Waals surface area contributed by atoms with Crippen molar-refractivity contribution in [3.05, 3.63) is 0 Å². The molecule has 0 radical (unpaired) electrons. The molecule has 0 spiro atoms. The molecule has 0 aromatic carbocycles. The zero-order valence-corrected chi connectivity index (χ0v) is 25.0. The van der Waals surface area contributed by atoms with Crippen LogP contribution in [0.3, 0.4) is 0 Å². The van der Waals surface area contributed by atoms with E-state index in [2.05, 4.69) is 49.8 Å². The van der Waals surface area contributed by atoms with Gasteiger partial charge in [0.05, 0.1) is 18.5 Å². The minimum absolute atomic E-state index is 0.220.